The van der Waals surface area contributed by atoms with Gasteiger partial charge in [-0.2, -0.15) is 0 Å². The molecule has 1 heteroatoms. The summed E-state index contributed by atoms with van der Waals surface area (Å²) in [7, 11) is 0. The average Bonchev–Trinajstić information content (AvgIpc) is 2.90. The molecule has 0 unspecified atom stereocenters. The Kier molecular flexibility index (Phi) is 13.0. The first-order chi connectivity index (χ1) is 17.3. The summed E-state index contributed by atoms with van der Waals surface area (Å²) >= 11 is 0. The maximum atomic E-state index is 5.51. The van der Waals surface area contributed by atoms with E-state index >= 15 is 0 Å². The molecule has 1 nitrogen and oxygen atoms in total. The number of rotatable bonds is 16. The second kappa shape index (κ2) is 16.5. The molecule has 0 spiro atoms. The van der Waals surface area contributed by atoms with Crippen molar-refractivity contribution >= 4 is 0 Å². The van der Waals surface area contributed by atoms with E-state index in [4.69, 9.17) is 4.74 Å². The van der Waals surface area contributed by atoms with Crippen LogP contribution < -0.4 is 0 Å². The summed E-state index contributed by atoms with van der Waals surface area (Å²) in [5.41, 5.74) is 5.66. The van der Waals surface area contributed by atoms with Gasteiger partial charge in [0.25, 0.3) is 0 Å². The van der Waals surface area contributed by atoms with Gasteiger partial charge in [-0.15, -0.1) is 6.58 Å². The van der Waals surface area contributed by atoms with Crippen LogP contribution in [-0.4, -0.2) is 6.61 Å². The molecular weight excluding hydrogens is 424 g/mol. The Labute approximate surface area is 215 Å². The van der Waals surface area contributed by atoms with Gasteiger partial charge in [0.05, 0.1) is 13.2 Å². The molecule has 2 aromatic rings. The fourth-order valence-corrected chi connectivity index (χ4v) is 5.44. The lowest BCUT2D eigenvalue weighted by Gasteiger charge is -2.27. The highest BCUT2D eigenvalue weighted by molar-refractivity contribution is 5.23. The van der Waals surface area contributed by atoms with E-state index in [0.717, 1.165) is 18.3 Å². The van der Waals surface area contributed by atoms with Gasteiger partial charge in [-0.05, 0) is 98.8 Å². The number of allylic oxidation sites excluding steroid dienone is 2. The SMILES string of the molecule is C=CCOCc1ccc(CCCCc2ccc(CCCC[C@H]3CC[C@H](C/C=C/C)CC3)cc2)cc1. The summed E-state index contributed by atoms with van der Waals surface area (Å²) in [5, 5.41) is 0. The van der Waals surface area contributed by atoms with Crippen molar-refractivity contribution < 1.29 is 4.74 Å². The van der Waals surface area contributed by atoms with E-state index < -0.39 is 0 Å². The normalized spacial score (nSPS) is 18.2. The molecule has 0 radical (unpaired) electrons. The van der Waals surface area contributed by atoms with Crippen molar-refractivity contribution in [1.29, 1.82) is 0 Å². The second-order valence-electron chi connectivity index (χ2n) is 10.6. The Bertz CT molecular complexity index is 837. The number of aryl methyl sites for hydroxylation is 3. The number of hydrogen-bond donors (Lipinski definition) is 0. The first kappa shape index (κ1) is 27.5. The third kappa shape index (κ3) is 11.0. The van der Waals surface area contributed by atoms with E-state index in [9.17, 15) is 0 Å². The number of ether oxygens (including phenoxy) is 1. The molecule has 0 bridgehead atoms. The van der Waals surface area contributed by atoms with Crippen LogP contribution in [-0.2, 0) is 30.6 Å². The largest absolute Gasteiger partial charge is 0.373 e. The first-order valence-electron chi connectivity index (χ1n) is 14.2. The van der Waals surface area contributed by atoms with Crippen LogP contribution in [0.3, 0.4) is 0 Å². The highest BCUT2D eigenvalue weighted by atomic mass is 16.5. The van der Waals surface area contributed by atoms with Crippen LogP contribution in [0.2, 0.25) is 0 Å². The highest BCUT2D eigenvalue weighted by Gasteiger charge is 2.19. The Balaban J connectivity index is 1.23. The molecule has 35 heavy (non-hydrogen) atoms. The van der Waals surface area contributed by atoms with Crippen LogP contribution >= 0.6 is 0 Å². The van der Waals surface area contributed by atoms with Crippen molar-refractivity contribution in [3.05, 3.63) is 95.6 Å². The van der Waals surface area contributed by atoms with Crippen LogP contribution in [0.15, 0.2) is 73.3 Å². The van der Waals surface area contributed by atoms with E-state index in [1.807, 2.05) is 0 Å². The molecule has 2 aromatic carbocycles. The zero-order chi connectivity index (χ0) is 24.6. The average molecular weight is 473 g/mol. The molecule has 1 fully saturated rings. The Morgan fingerprint density at radius 2 is 1.20 bits per heavy atom. The summed E-state index contributed by atoms with van der Waals surface area (Å²) in [4.78, 5) is 0. The molecule has 1 saturated carbocycles. The lowest BCUT2D eigenvalue weighted by molar-refractivity contribution is 0.149. The van der Waals surface area contributed by atoms with Crippen LogP contribution in [0, 0.1) is 11.8 Å². The van der Waals surface area contributed by atoms with Crippen molar-refractivity contribution in [2.45, 2.75) is 97.0 Å². The van der Waals surface area contributed by atoms with Crippen molar-refractivity contribution in [2.24, 2.45) is 11.8 Å². The molecule has 1 aliphatic carbocycles. The van der Waals surface area contributed by atoms with Crippen molar-refractivity contribution in [3.8, 4) is 0 Å². The molecule has 0 aromatic heterocycles. The number of hydrogen-bond acceptors (Lipinski definition) is 1. The Morgan fingerprint density at radius 3 is 1.71 bits per heavy atom. The van der Waals surface area contributed by atoms with Crippen LogP contribution in [0.4, 0.5) is 0 Å². The first-order valence-corrected chi connectivity index (χ1v) is 14.2. The monoisotopic (exact) mass is 472 g/mol. The quantitative estimate of drug-likeness (QED) is 0.175. The standard InChI is InChI=1S/C34H48O/c1-3-5-10-29-15-17-30(18-16-29)11-6-7-12-31-19-21-32(22-20-31)13-8-9-14-33-23-25-34(26-24-33)28-35-27-4-2/h3-5,19-26,29-30H,2,6-18,27-28H2,1H3/b5-3+/t29-,30-. The van der Waals surface area contributed by atoms with Gasteiger partial charge in [0.15, 0.2) is 0 Å². The summed E-state index contributed by atoms with van der Waals surface area (Å²) in [6, 6.07) is 18.3. The second-order valence-corrected chi connectivity index (χ2v) is 10.6. The number of unbranched alkanes of at least 4 members (excludes halogenated alkanes) is 2. The Hall–Kier alpha value is -2.12. The van der Waals surface area contributed by atoms with Crippen LogP contribution in [0.1, 0.15) is 93.4 Å². The zero-order valence-corrected chi connectivity index (χ0v) is 22.2. The fraction of sp³-hybridized carbons (Fsp3) is 0.529. The van der Waals surface area contributed by atoms with Gasteiger partial charge in [-0.25, -0.2) is 0 Å². The molecule has 0 N–H and O–H groups in total. The van der Waals surface area contributed by atoms with Crippen molar-refractivity contribution in [1.82, 2.24) is 0 Å². The van der Waals surface area contributed by atoms with Gasteiger partial charge in [0.1, 0.15) is 0 Å². The fourth-order valence-electron chi connectivity index (χ4n) is 5.44. The van der Waals surface area contributed by atoms with Crippen LogP contribution in [0.25, 0.3) is 0 Å². The van der Waals surface area contributed by atoms with Gasteiger partial charge < -0.3 is 4.74 Å². The Morgan fingerprint density at radius 1 is 0.714 bits per heavy atom. The zero-order valence-electron chi connectivity index (χ0n) is 22.2. The minimum Gasteiger partial charge on any atom is -0.373 e. The van der Waals surface area contributed by atoms with Gasteiger partial charge in [0, 0.05) is 0 Å². The maximum Gasteiger partial charge on any atom is 0.0721 e. The molecule has 190 valence electrons. The highest BCUT2D eigenvalue weighted by Crippen LogP contribution is 2.33. The topological polar surface area (TPSA) is 9.23 Å². The lowest BCUT2D eigenvalue weighted by Crippen LogP contribution is -2.14. The summed E-state index contributed by atoms with van der Waals surface area (Å²) in [6.07, 6.45) is 23.8. The molecule has 3 rings (SSSR count). The molecule has 1 aliphatic rings. The third-order valence-corrected chi connectivity index (χ3v) is 7.73. The molecule has 0 amide bonds. The van der Waals surface area contributed by atoms with Crippen LogP contribution in [0.5, 0.6) is 0 Å². The third-order valence-electron chi connectivity index (χ3n) is 7.73. The minimum atomic E-state index is 0.612. The van der Waals surface area contributed by atoms with Gasteiger partial charge in [-0.3, -0.25) is 0 Å². The van der Waals surface area contributed by atoms with E-state index in [1.54, 1.807) is 6.08 Å². The summed E-state index contributed by atoms with van der Waals surface area (Å²) in [6.45, 7) is 7.11. The molecular formula is C34H48O. The van der Waals surface area contributed by atoms with Gasteiger partial charge in [0.2, 0.25) is 0 Å². The molecule has 0 aliphatic heterocycles. The van der Waals surface area contributed by atoms with E-state index in [-0.39, 0.29) is 0 Å². The van der Waals surface area contributed by atoms with Crippen molar-refractivity contribution in [3.63, 3.8) is 0 Å². The summed E-state index contributed by atoms with van der Waals surface area (Å²) in [5.74, 6) is 1.95. The summed E-state index contributed by atoms with van der Waals surface area (Å²) < 4.78 is 5.51. The predicted octanol–water partition coefficient (Wildman–Crippen LogP) is 9.44. The maximum absolute atomic E-state index is 5.51. The molecule has 0 saturated heterocycles. The van der Waals surface area contributed by atoms with Gasteiger partial charge >= 0.3 is 0 Å². The van der Waals surface area contributed by atoms with E-state index in [1.165, 1.54) is 99.3 Å². The smallest absolute Gasteiger partial charge is 0.0721 e. The lowest BCUT2D eigenvalue weighted by atomic mass is 9.78. The predicted molar refractivity (Wildman–Crippen MR) is 152 cm³/mol. The minimum absolute atomic E-state index is 0.612. The van der Waals surface area contributed by atoms with Gasteiger partial charge in [-0.1, -0.05) is 92.4 Å². The van der Waals surface area contributed by atoms with E-state index in [2.05, 4.69) is 74.2 Å². The molecule has 0 atom stereocenters. The molecule has 0 heterocycles. The van der Waals surface area contributed by atoms with E-state index in [0.29, 0.717) is 13.2 Å². The van der Waals surface area contributed by atoms with Crippen molar-refractivity contribution in [2.75, 3.05) is 6.61 Å². The number of benzene rings is 2.